The molecule has 0 bridgehead atoms. The normalized spacial score (nSPS) is 17.9. The first-order chi connectivity index (χ1) is 8.17. The van der Waals surface area contributed by atoms with Crippen LogP contribution < -0.4 is 5.73 Å². The van der Waals surface area contributed by atoms with Crippen LogP contribution in [0.2, 0.25) is 0 Å². The van der Waals surface area contributed by atoms with Gasteiger partial charge in [0.15, 0.2) is 0 Å². The minimum Gasteiger partial charge on any atom is -0.444 e. The summed E-state index contributed by atoms with van der Waals surface area (Å²) in [6.07, 6.45) is 4.26. The number of hydrogen-bond donors (Lipinski definition) is 1. The van der Waals surface area contributed by atoms with Gasteiger partial charge >= 0.3 is 6.09 Å². The van der Waals surface area contributed by atoms with Crippen LogP contribution in [0.1, 0.15) is 60.3 Å². The van der Waals surface area contributed by atoms with Gasteiger partial charge in [-0.05, 0) is 47.5 Å². The average Bonchev–Trinajstić information content (AvgIpc) is 2.67. The number of ether oxygens (including phenoxy) is 1. The highest BCUT2D eigenvalue weighted by molar-refractivity contribution is 5.69. The molecule has 1 rings (SSSR count). The van der Waals surface area contributed by atoms with E-state index in [0.717, 1.165) is 12.8 Å². The number of nitrogens with two attached hydrogens (primary N) is 1. The molecule has 2 N–H and O–H groups in total. The van der Waals surface area contributed by atoms with Crippen LogP contribution in [-0.4, -0.2) is 34.7 Å². The molecular weight excluding hydrogens is 228 g/mol. The van der Waals surface area contributed by atoms with Gasteiger partial charge in [0.2, 0.25) is 0 Å². The molecule has 106 valence electrons. The average molecular weight is 256 g/mol. The standard InChI is InChI=1S/C14H28N2O2/c1-13(2,3)18-12(17)16(14(4,5)10-15)11-8-6-7-9-11/h11H,6-10,15H2,1-5H3. The fourth-order valence-corrected chi connectivity index (χ4v) is 2.46. The Morgan fingerprint density at radius 3 is 2.11 bits per heavy atom. The van der Waals surface area contributed by atoms with Gasteiger partial charge in [-0.1, -0.05) is 12.8 Å². The van der Waals surface area contributed by atoms with Gasteiger partial charge in [0, 0.05) is 12.6 Å². The first kappa shape index (κ1) is 15.3. The summed E-state index contributed by atoms with van der Waals surface area (Å²) < 4.78 is 5.53. The van der Waals surface area contributed by atoms with Crippen LogP contribution in [0.25, 0.3) is 0 Å². The van der Waals surface area contributed by atoms with E-state index in [-0.39, 0.29) is 17.7 Å². The van der Waals surface area contributed by atoms with Gasteiger partial charge in [0.25, 0.3) is 0 Å². The lowest BCUT2D eigenvalue weighted by Gasteiger charge is -2.42. The van der Waals surface area contributed by atoms with Crippen molar-refractivity contribution in [2.75, 3.05) is 6.54 Å². The van der Waals surface area contributed by atoms with Crippen LogP contribution in [0, 0.1) is 0 Å². The van der Waals surface area contributed by atoms with Crippen LogP contribution in [0.4, 0.5) is 4.79 Å². The summed E-state index contributed by atoms with van der Waals surface area (Å²) >= 11 is 0. The molecule has 0 aromatic carbocycles. The zero-order valence-electron chi connectivity index (χ0n) is 12.5. The highest BCUT2D eigenvalue weighted by Crippen LogP contribution is 2.30. The number of carbonyl (C=O) groups excluding carboxylic acids is 1. The van der Waals surface area contributed by atoms with E-state index in [1.165, 1.54) is 12.8 Å². The highest BCUT2D eigenvalue weighted by atomic mass is 16.6. The molecule has 1 saturated carbocycles. The summed E-state index contributed by atoms with van der Waals surface area (Å²) in [7, 11) is 0. The predicted octanol–water partition coefficient (Wildman–Crippen LogP) is 2.90. The zero-order valence-corrected chi connectivity index (χ0v) is 12.5. The maximum absolute atomic E-state index is 12.4. The van der Waals surface area contributed by atoms with E-state index in [0.29, 0.717) is 6.54 Å². The summed E-state index contributed by atoms with van der Waals surface area (Å²) in [6, 6.07) is 0.276. The number of amides is 1. The molecule has 0 aromatic heterocycles. The fraction of sp³-hybridized carbons (Fsp3) is 0.929. The molecule has 4 nitrogen and oxygen atoms in total. The van der Waals surface area contributed by atoms with Gasteiger partial charge in [-0.25, -0.2) is 4.79 Å². The highest BCUT2D eigenvalue weighted by Gasteiger charge is 2.39. The summed E-state index contributed by atoms with van der Waals surface area (Å²) in [6.45, 7) is 10.2. The molecule has 0 unspecified atom stereocenters. The van der Waals surface area contributed by atoms with Crippen molar-refractivity contribution in [1.29, 1.82) is 0 Å². The van der Waals surface area contributed by atoms with Crippen molar-refractivity contribution < 1.29 is 9.53 Å². The second-order valence-electron chi connectivity index (χ2n) is 6.81. The fourth-order valence-electron chi connectivity index (χ4n) is 2.46. The molecular formula is C14H28N2O2. The summed E-state index contributed by atoms with van der Waals surface area (Å²) in [5.74, 6) is 0. The van der Waals surface area contributed by atoms with E-state index >= 15 is 0 Å². The molecule has 18 heavy (non-hydrogen) atoms. The summed E-state index contributed by atoms with van der Waals surface area (Å²) in [5, 5.41) is 0. The molecule has 0 heterocycles. The Labute approximate surface area is 111 Å². The van der Waals surface area contributed by atoms with E-state index in [4.69, 9.17) is 10.5 Å². The van der Waals surface area contributed by atoms with Crippen molar-refractivity contribution in [2.24, 2.45) is 5.73 Å². The predicted molar refractivity (Wildman–Crippen MR) is 73.5 cm³/mol. The van der Waals surface area contributed by atoms with Crippen molar-refractivity contribution >= 4 is 6.09 Å². The number of hydrogen-bond acceptors (Lipinski definition) is 3. The third-order valence-corrected chi connectivity index (χ3v) is 3.43. The van der Waals surface area contributed by atoms with Crippen molar-refractivity contribution in [2.45, 2.75) is 77.5 Å². The van der Waals surface area contributed by atoms with E-state index in [1.807, 2.05) is 39.5 Å². The summed E-state index contributed by atoms with van der Waals surface area (Å²) in [5.41, 5.74) is 5.02. The quantitative estimate of drug-likeness (QED) is 0.844. The third-order valence-electron chi connectivity index (χ3n) is 3.43. The van der Waals surface area contributed by atoms with Gasteiger partial charge in [-0.2, -0.15) is 0 Å². The minimum absolute atomic E-state index is 0.232. The van der Waals surface area contributed by atoms with E-state index in [1.54, 1.807) is 0 Å². The first-order valence-electron chi connectivity index (χ1n) is 6.90. The van der Waals surface area contributed by atoms with E-state index in [9.17, 15) is 4.79 Å². The summed E-state index contributed by atoms with van der Waals surface area (Å²) in [4.78, 5) is 14.3. The van der Waals surface area contributed by atoms with Crippen molar-refractivity contribution in [3.63, 3.8) is 0 Å². The molecule has 0 spiro atoms. The molecule has 1 fully saturated rings. The molecule has 1 aliphatic carbocycles. The topological polar surface area (TPSA) is 55.6 Å². The van der Waals surface area contributed by atoms with Crippen LogP contribution in [0.3, 0.4) is 0 Å². The second-order valence-corrected chi connectivity index (χ2v) is 6.81. The van der Waals surface area contributed by atoms with Crippen LogP contribution in [0.5, 0.6) is 0 Å². The SMILES string of the molecule is CC(C)(C)OC(=O)N(C1CCCC1)C(C)(C)CN. The van der Waals surface area contributed by atoms with Gasteiger partial charge in [0.1, 0.15) is 5.60 Å². The maximum Gasteiger partial charge on any atom is 0.411 e. The third kappa shape index (κ3) is 3.87. The lowest BCUT2D eigenvalue weighted by Crippen LogP contribution is -2.57. The van der Waals surface area contributed by atoms with Gasteiger partial charge < -0.3 is 10.5 Å². The number of carbonyl (C=O) groups is 1. The van der Waals surface area contributed by atoms with Crippen molar-refractivity contribution in [1.82, 2.24) is 4.90 Å². The number of nitrogens with zero attached hydrogens (tertiary/aromatic N) is 1. The Bertz CT molecular complexity index is 289. The molecule has 1 aliphatic rings. The first-order valence-corrected chi connectivity index (χ1v) is 6.90. The van der Waals surface area contributed by atoms with Crippen LogP contribution >= 0.6 is 0 Å². The Morgan fingerprint density at radius 1 is 1.22 bits per heavy atom. The Hall–Kier alpha value is -0.770. The van der Waals surface area contributed by atoms with Crippen LogP contribution in [-0.2, 0) is 4.74 Å². The van der Waals surface area contributed by atoms with Gasteiger partial charge in [-0.3, -0.25) is 4.90 Å². The van der Waals surface area contributed by atoms with Crippen molar-refractivity contribution in [3.05, 3.63) is 0 Å². The van der Waals surface area contributed by atoms with E-state index < -0.39 is 5.60 Å². The van der Waals surface area contributed by atoms with Gasteiger partial charge in [0.05, 0.1) is 5.54 Å². The minimum atomic E-state index is -0.460. The molecule has 0 atom stereocenters. The second kappa shape index (κ2) is 5.47. The lowest BCUT2D eigenvalue weighted by atomic mass is 10.00. The Morgan fingerprint density at radius 2 is 1.72 bits per heavy atom. The smallest absolute Gasteiger partial charge is 0.411 e. The van der Waals surface area contributed by atoms with Gasteiger partial charge in [-0.15, -0.1) is 0 Å². The molecule has 0 saturated heterocycles. The number of rotatable bonds is 3. The maximum atomic E-state index is 12.4. The lowest BCUT2D eigenvalue weighted by molar-refractivity contribution is -0.00862. The molecule has 1 amide bonds. The molecule has 0 radical (unpaired) electrons. The van der Waals surface area contributed by atoms with E-state index in [2.05, 4.69) is 0 Å². The van der Waals surface area contributed by atoms with Crippen LogP contribution in [0.15, 0.2) is 0 Å². The zero-order chi connectivity index (χ0) is 14.0. The Balaban J connectivity index is 2.86. The molecule has 4 heteroatoms. The molecule has 0 aromatic rings. The largest absolute Gasteiger partial charge is 0.444 e. The molecule has 0 aliphatic heterocycles. The monoisotopic (exact) mass is 256 g/mol. The Kier molecular flexibility index (Phi) is 4.65. The van der Waals surface area contributed by atoms with Crippen molar-refractivity contribution in [3.8, 4) is 0 Å².